The summed E-state index contributed by atoms with van der Waals surface area (Å²) in [5.41, 5.74) is 0. The molecule has 2 aliphatic carbocycles. The number of nitrogens with one attached hydrogen (secondary N) is 1. The first-order valence-electron chi connectivity index (χ1n) is 10.0. The zero-order valence-corrected chi connectivity index (χ0v) is 16.2. The quantitative estimate of drug-likeness (QED) is 0.839. The third-order valence-corrected chi connectivity index (χ3v) is 6.20. The fourth-order valence-electron chi connectivity index (χ4n) is 4.80. The van der Waals surface area contributed by atoms with Crippen LogP contribution in [0.2, 0.25) is 0 Å². The zero-order chi connectivity index (χ0) is 16.1. The highest BCUT2D eigenvalue weighted by molar-refractivity contribution is 5.85. The van der Waals surface area contributed by atoms with E-state index in [4.69, 9.17) is 0 Å². The van der Waals surface area contributed by atoms with Crippen molar-refractivity contribution < 1.29 is 4.79 Å². The molecule has 3 aliphatic rings. The molecule has 0 aromatic heterocycles. The second kappa shape index (κ2) is 9.98. The van der Waals surface area contributed by atoms with Crippen LogP contribution in [0.15, 0.2) is 0 Å². The highest BCUT2D eigenvalue weighted by Gasteiger charge is 2.33. The number of carbonyl (C=O) groups is 1. The van der Waals surface area contributed by atoms with E-state index >= 15 is 0 Å². The van der Waals surface area contributed by atoms with Gasteiger partial charge in [-0.1, -0.05) is 38.5 Å². The molecule has 1 heterocycles. The zero-order valence-electron chi connectivity index (χ0n) is 15.3. The number of nitrogens with zero attached hydrogens (tertiary/aromatic N) is 2. The van der Waals surface area contributed by atoms with Crippen molar-refractivity contribution in [2.45, 2.75) is 89.3 Å². The molecule has 0 unspecified atom stereocenters. The molecule has 5 heteroatoms. The van der Waals surface area contributed by atoms with Crippen LogP contribution in [0, 0.1) is 0 Å². The van der Waals surface area contributed by atoms with Gasteiger partial charge >= 0.3 is 0 Å². The molecule has 1 N–H and O–H groups in total. The van der Waals surface area contributed by atoms with Gasteiger partial charge in [-0.05, 0) is 32.6 Å². The Bertz CT molecular complexity index is 363. The minimum atomic E-state index is 0. The van der Waals surface area contributed by atoms with Crippen molar-refractivity contribution in [3.05, 3.63) is 0 Å². The Morgan fingerprint density at radius 3 is 2.04 bits per heavy atom. The molecule has 0 radical (unpaired) electrons. The second-order valence-electron chi connectivity index (χ2n) is 7.91. The minimum absolute atomic E-state index is 0. The van der Waals surface area contributed by atoms with Gasteiger partial charge < -0.3 is 10.2 Å². The Kier molecular flexibility index (Phi) is 8.32. The summed E-state index contributed by atoms with van der Waals surface area (Å²) < 4.78 is 0. The molecule has 3 fully saturated rings. The molecule has 2 saturated carbocycles. The number of rotatable bonds is 4. The maximum atomic E-state index is 13.2. The van der Waals surface area contributed by atoms with E-state index in [2.05, 4.69) is 22.0 Å². The van der Waals surface area contributed by atoms with Crippen LogP contribution in [0.25, 0.3) is 0 Å². The molecule has 0 bridgehead atoms. The average molecular weight is 358 g/mol. The highest BCUT2D eigenvalue weighted by Crippen LogP contribution is 2.30. The standard InChI is InChI=1S/C19H35N3O.ClH/c1-16-14-20-12-13-21(16)15-19(23)22(17-8-4-2-5-9-17)18-10-6-3-7-11-18;/h16-18,20H,2-15H2,1H3;1H/t16-;/m1./s1. The van der Waals surface area contributed by atoms with E-state index in [9.17, 15) is 4.79 Å². The van der Waals surface area contributed by atoms with E-state index in [-0.39, 0.29) is 12.4 Å². The molecule has 1 saturated heterocycles. The molecule has 0 aromatic rings. The molecular formula is C19H36ClN3O. The molecule has 1 amide bonds. The Balaban J connectivity index is 0.00000208. The van der Waals surface area contributed by atoms with Gasteiger partial charge in [0, 0.05) is 37.8 Å². The molecule has 1 atom stereocenters. The number of halogens is 1. The Morgan fingerprint density at radius 2 is 1.54 bits per heavy atom. The van der Waals surface area contributed by atoms with Crippen molar-refractivity contribution in [3.8, 4) is 0 Å². The summed E-state index contributed by atoms with van der Waals surface area (Å²) in [4.78, 5) is 18.0. The monoisotopic (exact) mass is 357 g/mol. The summed E-state index contributed by atoms with van der Waals surface area (Å²) in [6.45, 7) is 5.92. The van der Waals surface area contributed by atoms with Gasteiger partial charge in [-0.2, -0.15) is 0 Å². The van der Waals surface area contributed by atoms with Crippen LogP contribution in [-0.4, -0.2) is 60.0 Å². The van der Waals surface area contributed by atoms with E-state index in [1.165, 1.54) is 64.2 Å². The second-order valence-corrected chi connectivity index (χ2v) is 7.91. The van der Waals surface area contributed by atoms with Crippen LogP contribution in [0.4, 0.5) is 0 Å². The van der Waals surface area contributed by atoms with Gasteiger partial charge in [0.1, 0.15) is 0 Å². The third-order valence-electron chi connectivity index (χ3n) is 6.20. The average Bonchev–Trinajstić information content (AvgIpc) is 2.59. The molecule has 24 heavy (non-hydrogen) atoms. The van der Waals surface area contributed by atoms with Crippen molar-refractivity contribution >= 4 is 18.3 Å². The SMILES string of the molecule is C[C@@H]1CNCCN1CC(=O)N(C1CCCCC1)C1CCCCC1.Cl. The van der Waals surface area contributed by atoms with E-state index in [0.717, 1.165) is 19.6 Å². The van der Waals surface area contributed by atoms with Crippen LogP contribution in [0.3, 0.4) is 0 Å². The van der Waals surface area contributed by atoms with Crippen LogP contribution in [0.1, 0.15) is 71.1 Å². The summed E-state index contributed by atoms with van der Waals surface area (Å²) in [6.07, 6.45) is 12.9. The summed E-state index contributed by atoms with van der Waals surface area (Å²) in [6, 6.07) is 1.53. The lowest BCUT2D eigenvalue weighted by Gasteiger charge is -2.43. The molecule has 1 aliphatic heterocycles. The van der Waals surface area contributed by atoms with Gasteiger partial charge in [0.05, 0.1) is 6.54 Å². The van der Waals surface area contributed by atoms with E-state index in [1.807, 2.05) is 0 Å². The number of carbonyl (C=O) groups excluding carboxylic acids is 1. The summed E-state index contributed by atoms with van der Waals surface area (Å²) in [5.74, 6) is 0.414. The normalized spacial score (nSPS) is 27.5. The predicted octanol–water partition coefficient (Wildman–Crippen LogP) is 3.20. The molecule has 0 spiro atoms. The van der Waals surface area contributed by atoms with Crippen LogP contribution < -0.4 is 5.32 Å². The first kappa shape index (κ1) is 20.0. The first-order valence-corrected chi connectivity index (χ1v) is 10.0. The summed E-state index contributed by atoms with van der Waals surface area (Å²) in [5, 5.41) is 3.43. The maximum Gasteiger partial charge on any atom is 0.237 e. The van der Waals surface area contributed by atoms with Crippen LogP contribution in [0.5, 0.6) is 0 Å². The number of hydrogen-bond donors (Lipinski definition) is 1. The lowest BCUT2D eigenvalue weighted by molar-refractivity contribution is -0.140. The van der Waals surface area contributed by atoms with Gasteiger partial charge in [0.2, 0.25) is 5.91 Å². The number of hydrogen-bond acceptors (Lipinski definition) is 3. The molecule has 4 nitrogen and oxygen atoms in total. The topological polar surface area (TPSA) is 35.6 Å². The Labute approximate surface area is 154 Å². The minimum Gasteiger partial charge on any atom is -0.336 e. The Morgan fingerprint density at radius 1 is 1.00 bits per heavy atom. The first-order chi connectivity index (χ1) is 11.3. The molecule has 140 valence electrons. The molecule has 0 aromatic carbocycles. The van der Waals surface area contributed by atoms with Gasteiger partial charge in [-0.3, -0.25) is 9.69 Å². The van der Waals surface area contributed by atoms with Crippen molar-refractivity contribution in [2.24, 2.45) is 0 Å². The largest absolute Gasteiger partial charge is 0.336 e. The van der Waals surface area contributed by atoms with Crippen molar-refractivity contribution in [1.82, 2.24) is 15.1 Å². The van der Waals surface area contributed by atoms with E-state index < -0.39 is 0 Å². The van der Waals surface area contributed by atoms with Crippen molar-refractivity contribution in [1.29, 1.82) is 0 Å². The lowest BCUT2D eigenvalue weighted by atomic mass is 9.88. The van der Waals surface area contributed by atoms with Crippen molar-refractivity contribution in [3.63, 3.8) is 0 Å². The van der Waals surface area contributed by atoms with E-state index in [1.54, 1.807) is 0 Å². The summed E-state index contributed by atoms with van der Waals surface area (Å²) in [7, 11) is 0. The number of amides is 1. The van der Waals surface area contributed by atoms with Crippen LogP contribution in [-0.2, 0) is 4.79 Å². The van der Waals surface area contributed by atoms with Crippen LogP contribution >= 0.6 is 12.4 Å². The highest BCUT2D eigenvalue weighted by atomic mass is 35.5. The predicted molar refractivity (Wildman–Crippen MR) is 102 cm³/mol. The molecular weight excluding hydrogens is 322 g/mol. The fraction of sp³-hybridized carbons (Fsp3) is 0.947. The van der Waals surface area contributed by atoms with Gasteiger partial charge in [-0.15, -0.1) is 12.4 Å². The third kappa shape index (κ3) is 5.09. The molecule has 3 rings (SSSR count). The maximum absolute atomic E-state index is 13.2. The van der Waals surface area contributed by atoms with E-state index in [0.29, 0.717) is 30.6 Å². The summed E-state index contributed by atoms with van der Waals surface area (Å²) >= 11 is 0. The number of piperazine rings is 1. The van der Waals surface area contributed by atoms with Crippen molar-refractivity contribution in [2.75, 3.05) is 26.2 Å². The smallest absolute Gasteiger partial charge is 0.237 e. The van der Waals surface area contributed by atoms with Gasteiger partial charge in [0.15, 0.2) is 0 Å². The van der Waals surface area contributed by atoms with Gasteiger partial charge in [0.25, 0.3) is 0 Å². The van der Waals surface area contributed by atoms with Gasteiger partial charge in [-0.25, -0.2) is 0 Å². The fourth-order valence-corrected chi connectivity index (χ4v) is 4.80. The Hall–Kier alpha value is -0.320. The lowest BCUT2D eigenvalue weighted by Crippen LogP contribution is -2.56.